The Kier molecular flexibility index (Phi) is 5.27. The van der Waals surface area contributed by atoms with Gasteiger partial charge < -0.3 is 15.4 Å². The quantitative estimate of drug-likeness (QED) is 0.401. The molecule has 0 aromatic carbocycles. The van der Waals surface area contributed by atoms with Crippen LogP contribution >= 0.6 is 0 Å². The topological polar surface area (TPSA) is 131 Å². The van der Waals surface area contributed by atoms with Crippen molar-refractivity contribution in [2.24, 2.45) is 22.0 Å². The van der Waals surface area contributed by atoms with Crippen LogP contribution in [0.1, 0.15) is 52.9 Å². The molecule has 2 N–H and O–H groups in total. The largest absolute Gasteiger partial charge is 0.330 e. The number of hydrogen-bond acceptors (Lipinski definition) is 7. The number of nitrogens with two attached hydrogens (primary N) is 1. The standard InChI is InChI=1S/C16H27N3O6/c1-14(2)6-12-7-15(3,11-16(8-12,10-14)4-5-17)13(25-19(22)23)9-24-18(20)21/h7,13H,4-6,8-11,17H2,1-3H3. The molecule has 25 heavy (non-hydrogen) atoms. The van der Waals surface area contributed by atoms with Gasteiger partial charge in [0.15, 0.2) is 0 Å². The average Bonchev–Trinajstić information content (AvgIpc) is 2.39. The van der Waals surface area contributed by atoms with Gasteiger partial charge in [-0.05, 0) is 49.5 Å². The Morgan fingerprint density at radius 3 is 2.44 bits per heavy atom. The van der Waals surface area contributed by atoms with E-state index >= 15 is 0 Å². The van der Waals surface area contributed by atoms with Crippen LogP contribution in [0.15, 0.2) is 11.6 Å². The summed E-state index contributed by atoms with van der Waals surface area (Å²) in [4.78, 5) is 30.7. The average molecular weight is 357 g/mol. The molecular formula is C16H27N3O6. The second kappa shape index (κ2) is 6.78. The molecule has 2 bridgehead atoms. The summed E-state index contributed by atoms with van der Waals surface area (Å²) >= 11 is 0. The monoisotopic (exact) mass is 357 g/mol. The van der Waals surface area contributed by atoms with Crippen LogP contribution in [0.2, 0.25) is 0 Å². The third kappa shape index (κ3) is 4.59. The number of hydrogen-bond donors (Lipinski definition) is 1. The van der Waals surface area contributed by atoms with Gasteiger partial charge in [-0.2, -0.15) is 0 Å². The summed E-state index contributed by atoms with van der Waals surface area (Å²) in [6.07, 6.45) is 5.20. The van der Waals surface area contributed by atoms with Crippen molar-refractivity contribution < 1.29 is 19.8 Å². The summed E-state index contributed by atoms with van der Waals surface area (Å²) in [6, 6.07) is 0. The van der Waals surface area contributed by atoms with Crippen LogP contribution < -0.4 is 5.73 Å². The summed E-state index contributed by atoms with van der Waals surface area (Å²) in [5.41, 5.74) is 6.42. The summed E-state index contributed by atoms with van der Waals surface area (Å²) in [5.74, 6) is 0. The molecule has 0 aromatic heterocycles. The van der Waals surface area contributed by atoms with E-state index in [2.05, 4.69) is 18.7 Å². The molecule has 3 atom stereocenters. The molecular weight excluding hydrogens is 330 g/mol. The first-order valence-corrected chi connectivity index (χ1v) is 8.48. The Morgan fingerprint density at radius 1 is 1.20 bits per heavy atom. The zero-order valence-corrected chi connectivity index (χ0v) is 15.0. The van der Waals surface area contributed by atoms with Gasteiger partial charge in [0.1, 0.15) is 12.7 Å². The summed E-state index contributed by atoms with van der Waals surface area (Å²) in [6.45, 7) is 6.35. The second-order valence-electron chi connectivity index (χ2n) is 8.56. The van der Waals surface area contributed by atoms with Crippen LogP contribution in [0, 0.1) is 36.5 Å². The lowest BCUT2D eigenvalue weighted by atomic mass is 9.51. The van der Waals surface area contributed by atoms with Gasteiger partial charge in [0.05, 0.1) is 0 Å². The van der Waals surface area contributed by atoms with Crippen molar-refractivity contribution in [2.45, 2.75) is 59.0 Å². The van der Waals surface area contributed by atoms with Gasteiger partial charge in [0.25, 0.3) is 10.2 Å². The Balaban J connectivity index is 2.36. The maximum absolute atomic E-state index is 10.9. The number of rotatable bonds is 8. The van der Waals surface area contributed by atoms with Crippen LogP contribution in [-0.2, 0) is 9.68 Å². The first kappa shape index (κ1) is 19.4. The van der Waals surface area contributed by atoms with Gasteiger partial charge in [-0.15, -0.1) is 20.2 Å². The van der Waals surface area contributed by atoms with E-state index in [1.54, 1.807) is 0 Å². The van der Waals surface area contributed by atoms with Crippen LogP contribution in [0.25, 0.3) is 0 Å². The molecule has 2 aliphatic carbocycles. The third-order valence-electron chi connectivity index (χ3n) is 5.41. The maximum Gasteiger partial charge on any atom is 0.294 e. The normalized spacial score (nSPS) is 31.6. The van der Waals surface area contributed by atoms with Crippen molar-refractivity contribution in [1.82, 2.24) is 0 Å². The van der Waals surface area contributed by atoms with Crippen LogP contribution in [0.3, 0.4) is 0 Å². The first-order valence-electron chi connectivity index (χ1n) is 8.48. The smallest absolute Gasteiger partial charge is 0.294 e. The molecule has 9 nitrogen and oxygen atoms in total. The van der Waals surface area contributed by atoms with Crippen molar-refractivity contribution >= 4 is 0 Å². The van der Waals surface area contributed by atoms with E-state index in [1.807, 2.05) is 13.0 Å². The highest BCUT2D eigenvalue weighted by Gasteiger charge is 2.51. The zero-order valence-electron chi connectivity index (χ0n) is 15.0. The predicted octanol–water partition coefficient (Wildman–Crippen LogP) is 2.65. The molecule has 1 saturated carbocycles. The van der Waals surface area contributed by atoms with E-state index in [4.69, 9.17) is 10.6 Å². The van der Waals surface area contributed by atoms with E-state index in [0.29, 0.717) is 13.0 Å². The highest BCUT2D eigenvalue weighted by Crippen LogP contribution is 2.59. The third-order valence-corrected chi connectivity index (χ3v) is 5.41. The fourth-order valence-corrected chi connectivity index (χ4v) is 5.20. The molecule has 2 aliphatic rings. The zero-order chi connectivity index (χ0) is 18.9. The van der Waals surface area contributed by atoms with Crippen molar-refractivity contribution in [3.63, 3.8) is 0 Å². The minimum atomic E-state index is -1.04. The Labute approximate surface area is 146 Å². The molecule has 2 rings (SSSR count). The SMILES string of the molecule is CC1(C)CC2=CC(C)(C(CO[N+](=O)[O-])O[N+](=O)[O-])CC(CCN)(C2)C1. The number of nitrogens with zero attached hydrogens (tertiary/aromatic N) is 2. The fourth-order valence-electron chi connectivity index (χ4n) is 5.20. The highest BCUT2D eigenvalue weighted by molar-refractivity contribution is 5.24. The van der Waals surface area contributed by atoms with Crippen LogP contribution in [-0.4, -0.2) is 29.4 Å². The van der Waals surface area contributed by atoms with Crippen molar-refractivity contribution in [3.8, 4) is 0 Å². The lowest BCUT2D eigenvalue weighted by Gasteiger charge is -2.54. The lowest BCUT2D eigenvalue weighted by Crippen LogP contribution is -2.49. The van der Waals surface area contributed by atoms with E-state index in [-0.39, 0.29) is 10.8 Å². The fraction of sp³-hybridized carbons (Fsp3) is 0.875. The molecule has 1 fully saturated rings. The van der Waals surface area contributed by atoms with Gasteiger partial charge in [-0.1, -0.05) is 32.4 Å². The maximum atomic E-state index is 10.9. The van der Waals surface area contributed by atoms with Crippen molar-refractivity contribution in [2.75, 3.05) is 13.2 Å². The summed E-state index contributed by atoms with van der Waals surface area (Å²) in [7, 11) is 0. The summed E-state index contributed by atoms with van der Waals surface area (Å²) < 4.78 is 0. The molecule has 0 amide bonds. The van der Waals surface area contributed by atoms with Crippen molar-refractivity contribution in [3.05, 3.63) is 31.9 Å². The Hall–Kier alpha value is -1.90. The van der Waals surface area contributed by atoms with E-state index in [0.717, 1.165) is 25.7 Å². The van der Waals surface area contributed by atoms with E-state index in [1.165, 1.54) is 5.57 Å². The van der Waals surface area contributed by atoms with Gasteiger partial charge in [-0.3, -0.25) is 0 Å². The molecule has 0 radical (unpaired) electrons. The molecule has 142 valence electrons. The number of allylic oxidation sites excluding steroid dienone is 1. The van der Waals surface area contributed by atoms with Gasteiger partial charge in [0, 0.05) is 5.41 Å². The van der Waals surface area contributed by atoms with Crippen LogP contribution in [0.5, 0.6) is 0 Å². The van der Waals surface area contributed by atoms with Gasteiger partial charge in [-0.25, -0.2) is 0 Å². The number of fused-ring (bicyclic) bond motifs is 2. The molecule has 0 aromatic rings. The Morgan fingerprint density at radius 2 is 1.88 bits per heavy atom. The lowest BCUT2D eigenvalue weighted by molar-refractivity contribution is -0.793. The van der Waals surface area contributed by atoms with E-state index < -0.39 is 28.3 Å². The molecule has 0 saturated heterocycles. The predicted molar refractivity (Wildman–Crippen MR) is 89.4 cm³/mol. The Bertz CT molecular complexity index is 578. The molecule has 0 heterocycles. The molecule has 3 unspecified atom stereocenters. The molecule has 0 aliphatic heterocycles. The van der Waals surface area contributed by atoms with Gasteiger partial charge in [0.2, 0.25) is 0 Å². The summed E-state index contributed by atoms with van der Waals surface area (Å²) in [5, 5.41) is 19.6. The highest BCUT2D eigenvalue weighted by atomic mass is 17.0. The van der Waals surface area contributed by atoms with E-state index in [9.17, 15) is 20.2 Å². The minimum absolute atomic E-state index is 0.0673. The molecule has 9 heteroatoms. The van der Waals surface area contributed by atoms with Crippen LogP contribution in [0.4, 0.5) is 0 Å². The van der Waals surface area contributed by atoms with Crippen molar-refractivity contribution in [1.29, 1.82) is 0 Å². The van der Waals surface area contributed by atoms with Gasteiger partial charge >= 0.3 is 0 Å². The first-order chi connectivity index (χ1) is 11.5. The molecule has 0 spiro atoms. The second-order valence-corrected chi connectivity index (χ2v) is 8.56. The minimum Gasteiger partial charge on any atom is -0.330 e.